The Morgan fingerprint density at radius 2 is 1.71 bits per heavy atom. The summed E-state index contributed by atoms with van der Waals surface area (Å²) >= 11 is 0. The minimum atomic E-state index is -0.860. The second kappa shape index (κ2) is 11.7. The molecule has 0 saturated carbocycles. The molecule has 0 aliphatic rings. The number of rotatable bonds is 10. The first kappa shape index (κ1) is 26.6. The molecule has 7 nitrogen and oxygen atoms in total. The zero-order valence-corrected chi connectivity index (χ0v) is 21.2. The molecule has 38 heavy (non-hydrogen) atoms. The van der Waals surface area contributed by atoms with Crippen LogP contribution in [0.5, 0.6) is 5.75 Å². The van der Waals surface area contributed by atoms with Gasteiger partial charge in [-0.15, -0.1) is 0 Å². The van der Waals surface area contributed by atoms with Crippen LogP contribution in [0, 0.1) is 5.82 Å². The molecule has 1 atom stereocenters. The number of aryl methyl sites for hydroxylation is 1. The number of amides is 1. The summed E-state index contributed by atoms with van der Waals surface area (Å²) in [5.74, 6) is -0.857. The number of nitrogens with zero attached hydrogens (tertiary/aromatic N) is 1. The molecule has 0 bridgehead atoms. The van der Waals surface area contributed by atoms with Crippen LogP contribution in [0.4, 0.5) is 4.39 Å². The van der Waals surface area contributed by atoms with Crippen LogP contribution in [0.15, 0.2) is 77.6 Å². The lowest BCUT2D eigenvalue weighted by molar-refractivity contribution is -0.137. The summed E-state index contributed by atoms with van der Waals surface area (Å²) in [6.07, 6.45) is 1.61. The van der Waals surface area contributed by atoms with E-state index in [1.807, 2.05) is 13.0 Å². The molecule has 4 aromatic rings. The van der Waals surface area contributed by atoms with Crippen LogP contribution < -0.4 is 15.6 Å². The van der Waals surface area contributed by atoms with Crippen LogP contribution in [0.3, 0.4) is 0 Å². The topological polar surface area (TPSA) is 97.6 Å². The third-order valence-electron chi connectivity index (χ3n) is 6.48. The van der Waals surface area contributed by atoms with Crippen molar-refractivity contribution in [2.75, 3.05) is 7.11 Å². The van der Waals surface area contributed by atoms with E-state index < -0.39 is 5.97 Å². The van der Waals surface area contributed by atoms with E-state index in [9.17, 15) is 18.8 Å². The van der Waals surface area contributed by atoms with Crippen molar-refractivity contribution in [2.24, 2.45) is 0 Å². The molecule has 3 aromatic carbocycles. The van der Waals surface area contributed by atoms with Crippen molar-refractivity contribution in [1.82, 2.24) is 9.88 Å². The van der Waals surface area contributed by atoms with Crippen molar-refractivity contribution < 1.29 is 23.8 Å². The van der Waals surface area contributed by atoms with E-state index in [0.29, 0.717) is 47.0 Å². The van der Waals surface area contributed by atoms with Crippen LogP contribution in [0.2, 0.25) is 0 Å². The first-order chi connectivity index (χ1) is 18.3. The highest BCUT2D eigenvalue weighted by Gasteiger charge is 2.16. The molecule has 1 heterocycles. The van der Waals surface area contributed by atoms with Gasteiger partial charge < -0.3 is 15.2 Å². The summed E-state index contributed by atoms with van der Waals surface area (Å²) < 4.78 is 20.1. The van der Waals surface area contributed by atoms with Gasteiger partial charge in [-0.2, -0.15) is 0 Å². The number of carbonyl (C=O) groups is 2. The number of nitrogens with one attached hydrogen (secondary N) is 1. The number of methoxy groups -OCH3 is 1. The second-order valence-electron chi connectivity index (χ2n) is 9.12. The maximum Gasteiger partial charge on any atom is 0.303 e. The van der Waals surface area contributed by atoms with Gasteiger partial charge in [0, 0.05) is 28.8 Å². The van der Waals surface area contributed by atoms with Gasteiger partial charge in [0.1, 0.15) is 11.6 Å². The van der Waals surface area contributed by atoms with Gasteiger partial charge >= 0.3 is 5.97 Å². The Balaban J connectivity index is 1.68. The second-order valence-corrected chi connectivity index (χ2v) is 9.12. The number of carboxylic acids is 1. The molecule has 1 unspecified atom stereocenters. The normalized spacial score (nSPS) is 11.8. The van der Waals surface area contributed by atoms with Crippen molar-refractivity contribution in [3.63, 3.8) is 0 Å². The number of hydrogen-bond acceptors (Lipinski definition) is 4. The third-order valence-corrected chi connectivity index (χ3v) is 6.48. The number of benzene rings is 3. The minimum Gasteiger partial charge on any atom is -0.497 e. The predicted octanol–water partition coefficient (Wildman–Crippen LogP) is 5.43. The summed E-state index contributed by atoms with van der Waals surface area (Å²) in [5, 5.41) is 13.0. The Hall–Kier alpha value is -4.46. The Morgan fingerprint density at radius 1 is 1.00 bits per heavy atom. The Bertz CT molecular complexity index is 1510. The lowest BCUT2D eigenvalue weighted by Crippen LogP contribution is -2.27. The monoisotopic (exact) mass is 516 g/mol. The maximum absolute atomic E-state index is 13.6. The molecule has 8 heteroatoms. The average molecular weight is 517 g/mol. The number of hydrogen-bond donors (Lipinski definition) is 2. The van der Waals surface area contributed by atoms with Crippen LogP contribution in [0.1, 0.15) is 53.8 Å². The van der Waals surface area contributed by atoms with Crippen LogP contribution in [-0.2, 0) is 11.2 Å². The van der Waals surface area contributed by atoms with Gasteiger partial charge in [-0.1, -0.05) is 12.1 Å². The summed E-state index contributed by atoms with van der Waals surface area (Å²) in [5.41, 5.74) is 2.32. The summed E-state index contributed by atoms with van der Waals surface area (Å²) in [4.78, 5) is 37.6. The van der Waals surface area contributed by atoms with Gasteiger partial charge in [-0.05, 0) is 97.8 Å². The van der Waals surface area contributed by atoms with Crippen molar-refractivity contribution in [3.8, 4) is 11.4 Å². The molecule has 0 aliphatic heterocycles. The highest BCUT2D eigenvalue weighted by Crippen LogP contribution is 2.22. The van der Waals surface area contributed by atoms with Crippen molar-refractivity contribution in [1.29, 1.82) is 0 Å². The largest absolute Gasteiger partial charge is 0.497 e. The van der Waals surface area contributed by atoms with Gasteiger partial charge in [0.05, 0.1) is 13.2 Å². The van der Waals surface area contributed by atoms with Gasteiger partial charge in [-0.25, -0.2) is 4.39 Å². The molecule has 1 aromatic heterocycles. The Labute approximate surface area is 219 Å². The fourth-order valence-electron chi connectivity index (χ4n) is 4.41. The molecule has 0 aliphatic carbocycles. The van der Waals surface area contributed by atoms with E-state index in [-0.39, 0.29) is 29.7 Å². The van der Waals surface area contributed by atoms with Crippen molar-refractivity contribution in [2.45, 2.75) is 38.6 Å². The number of fused-ring (bicyclic) bond motifs is 1. The van der Waals surface area contributed by atoms with E-state index in [4.69, 9.17) is 9.84 Å². The van der Waals surface area contributed by atoms with Crippen molar-refractivity contribution in [3.05, 3.63) is 106 Å². The molecule has 0 saturated heterocycles. The molecule has 0 radical (unpaired) electrons. The highest BCUT2D eigenvalue weighted by atomic mass is 19.1. The van der Waals surface area contributed by atoms with E-state index in [2.05, 4.69) is 5.32 Å². The van der Waals surface area contributed by atoms with E-state index >= 15 is 0 Å². The van der Waals surface area contributed by atoms with Gasteiger partial charge in [0.25, 0.3) is 11.5 Å². The number of aliphatic carboxylic acids is 1. The fourth-order valence-corrected chi connectivity index (χ4v) is 4.41. The average Bonchev–Trinajstić information content (AvgIpc) is 2.91. The fraction of sp³-hybridized carbons (Fsp3) is 0.233. The Kier molecular flexibility index (Phi) is 8.21. The number of unbranched alkanes of at least 4 members (excludes halogenated alkanes) is 1. The van der Waals surface area contributed by atoms with Crippen molar-refractivity contribution >= 4 is 22.6 Å². The molecule has 4 rings (SSSR count). The maximum atomic E-state index is 13.6. The minimum absolute atomic E-state index is 0.0525. The van der Waals surface area contributed by atoms with E-state index in [0.717, 1.165) is 11.3 Å². The number of carboxylic acid groups (broad SMARTS) is 1. The van der Waals surface area contributed by atoms with E-state index in [1.54, 1.807) is 66.3 Å². The van der Waals surface area contributed by atoms with Crippen LogP contribution in [-0.4, -0.2) is 28.7 Å². The molecule has 1 amide bonds. The van der Waals surface area contributed by atoms with E-state index in [1.165, 1.54) is 12.1 Å². The van der Waals surface area contributed by atoms with Gasteiger partial charge in [0.15, 0.2) is 0 Å². The molecular formula is C30H29FN2O5. The SMILES string of the molecule is COc1ccc(-n2c(CCCCC(=O)O)cc3cc(C(=O)NC(C)c4ccc(F)cc4)ccc3c2=O)cc1. The zero-order valence-electron chi connectivity index (χ0n) is 21.2. The first-order valence-corrected chi connectivity index (χ1v) is 12.4. The highest BCUT2D eigenvalue weighted by molar-refractivity contribution is 5.98. The molecular weight excluding hydrogens is 487 g/mol. The molecule has 196 valence electrons. The number of carbonyl (C=O) groups excluding carboxylic acids is 1. The standard InChI is InChI=1S/C30H29FN2O5/c1-19(20-7-10-23(31)11-8-20)32-29(36)21-9-16-27-22(17-21)18-25(5-3-4-6-28(34)35)33(30(27)37)24-12-14-26(38-2)15-13-24/h7-19H,3-6H2,1-2H3,(H,32,36)(H,34,35). The molecule has 0 fully saturated rings. The lowest BCUT2D eigenvalue weighted by atomic mass is 10.0. The molecule has 2 N–H and O–H groups in total. The Morgan fingerprint density at radius 3 is 2.37 bits per heavy atom. The number of aromatic nitrogens is 1. The number of halogens is 1. The summed E-state index contributed by atoms with van der Waals surface area (Å²) in [7, 11) is 1.57. The third kappa shape index (κ3) is 6.08. The number of pyridine rings is 1. The first-order valence-electron chi connectivity index (χ1n) is 12.4. The predicted molar refractivity (Wildman–Crippen MR) is 144 cm³/mol. The van der Waals surface area contributed by atoms with Crippen LogP contribution in [0.25, 0.3) is 16.5 Å². The van der Waals surface area contributed by atoms with Gasteiger partial charge in [0.2, 0.25) is 0 Å². The zero-order chi connectivity index (χ0) is 27.2. The summed E-state index contributed by atoms with van der Waals surface area (Å²) in [6.45, 7) is 1.81. The van der Waals surface area contributed by atoms with Gasteiger partial charge in [-0.3, -0.25) is 19.0 Å². The smallest absolute Gasteiger partial charge is 0.303 e. The molecule has 0 spiro atoms. The van der Waals surface area contributed by atoms with Crippen LogP contribution >= 0.6 is 0 Å². The number of ether oxygens (including phenoxy) is 1. The lowest BCUT2D eigenvalue weighted by Gasteiger charge is -2.17. The summed E-state index contributed by atoms with van der Waals surface area (Å²) in [6, 6.07) is 19.6. The quantitative estimate of drug-likeness (QED) is 0.274.